The summed E-state index contributed by atoms with van der Waals surface area (Å²) in [6, 6.07) is 3.31. The van der Waals surface area contributed by atoms with E-state index in [4.69, 9.17) is 4.74 Å². The van der Waals surface area contributed by atoms with Crippen LogP contribution in [-0.2, 0) is 14.3 Å². The van der Waals surface area contributed by atoms with Crippen LogP contribution in [0.15, 0.2) is 18.2 Å². The fourth-order valence-electron chi connectivity index (χ4n) is 2.92. The van der Waals surface area contributed by atoms with Crippen LogP contribution in [0.2, 0.25) is 0 Å². The number of likely N-dealkylation sites (N-methyl/N-ethyl adjacent to an activating group) is 1. The second kappa shape index (κ2) is 9.80. The minimum absolute atomic E-state index is 0. The number of para-hydroxylation sites is 1. The number of anilines is 1. The molecule has 0 bridgehead atoms. The smallest absolute Gasteiger partial charge is 0.255 e. The van der Waals surface area contributed by atoms with Crippen molar-refractivity contribution in [2.45, 2.75) is 25.4 Å². The maximum atomic E-state index is 13.6. The molecule has 2 amide bonds. The van der Waals surface area contributed by atoms with Crippen LogP contribution in [0.25, 0.3) is 0 Å². The van der Waals surface area contributed by atoms with Gasteiger partial charge in [0.25, 0.3) is 5.91 Å². The SMILES string of the molecule is CCN(CC(=O)Nc1c(F)cccc1F)C(=O)C1(OC)CCNCC1.Cl. The van der Waals surface area contributed by atoms with E-state index in [1.54, 1.807) is 6.92 Å². The number of halogens is 3. The number of methoxy groups -OCH3 is 1. The first-order chi connectivity index (χ1) is 11.9. The molecule has 0 aromatic heterocycles. The molecule has 9 heteroatoms. The number of nitrogens with zero attached hydrogens (tertiary/aromatic N) is 1. The number of carbonyl (C=O) groups is 2. The zero-order valence-electron chi connectivity index (χ0n) is 14.8. The molecule has 0 unspecified atom stereocenters. The third-order valence-corrected chi connectivity index (χ3v) is 4.42. The van der Waals surface area contributed by atoms with Crippen molar-refractivity contribution in [2.75, 3.05) is 38.6 Å². The van der Waals surface area contributed by atoms with Crippen molar-refractivity contribution in [3.05, 3.63) is 29.8 Å². The Kier molecular flexibility index (Phi) is 8.39. The van der Waals surface area contributed by atoms with Crippen molar-refractivity contribution in [2.24, 2.45) is 0 Å². The number of rotatable bonds is 6. The second-order valence-electron chi connectivity index (χ2n) is 5.91. The Morgan fingerprint density at radius 3 is 2.35 bits per heavy atom. The number of ether oxygens (including phenoxy) is 1. The highest BCUT2D eigenvalue weighted by molar-refractivity contribution is 5.96. The molecule has 0 saturated carbocycles. The first-order valence-corrected chi connectivity index (χ1v) is 8.22. The Hall–Kier alpha value is -1.77. The lowest BCUT2D eigenvalue weighted by atomic mass is 9.90. The average molecular weight is 392 g/mol. The van der Waals surface area contributed by atoms with Crippen LogP contribution in [0.4, 0.5) is 14.5 Å². The molecular formula is C17H24ClF2N3O3. The summed E-state index contributed by atoms with van der Waals surface area (Å²) < 4.78 is 32.7. The van der Waals surface area contributed by atoms with Crippen molar-refractivity contribution in [3.8, 4) is 0 Å². The van der Waals surface area contributed by atoms with Crippen LogP contribution in [0.1, 0.15) is 19.8 Å². The van der Waals surface area contributed by atoms with E-state index in [0.29, 0.717) is 25.9 Å². The van der Waals surface area contributed by atoms with E-state index >= 15 is 0 Å². The Morgan fingerprint density at radius 1 is 1.27 bits per heavy atom. The number of benzene rings is 1. The Bertz CT molecular complexity index is 619. The van der Waals surface area contributed by atoms with Crippen LogP contribution in [0.5, 0.6) is 0 Å². The Balaban J connectivity index is 0.00000338. The second-order valence-corrected chi connectivity index (χ2v) is 5.91. The summed E-state index contributed by atoms with van der Waals surface area (Å²) in [5.74, 6) is -2.69. The summed E-state index contributed by atoms with van der Waals surface area (Å²) in [4.78, 5) is 26.4. The quantitative estimate of drug-likeness (QED) is 0.777. The third-order valence-electron chi connectivity index (χ3n) is 4.42. The molecule has 1 heterocycles. The minimum atomic E-state index is -0.967. The molecule has 0 radical (unpaired) electrons. The summed E-state index contributed by atoms with van der Waals surface area (Å²) in [5, 5.41) is 5.35. The monoisotopic (exact) mass is 391 g/mol. The number of hydrogen-bond donors (Lipinski definition) is 2. The molecule has 1 fully saturated rings. The fraction of sp³-hybridized carbons (Fsp3) is 0.529. The summed E-state index contributed by atoms with van der Waals surface area (Å²) >= 11 is 0. The van der Waals surface area contributed by atoms with Gasteiger partial charge in [0.15, 0.2) is 0 Å². The van der Waals surface area contributed by atoms with Crippen molar-refractivity contribution in [1.29, 1.82) is 0 Å². The molecule has 146 valence electrons. The number of nitrogens with one attached hydrogen (secondary N) is 2. The lowest BCUT2D eigenvalue weighted by Crippen LogP contribution is -2.56. The number of hydrogen-bond acceptors (Lipinski definition) is 4. The van der Waals surface area contributed by atoms with Crippen LogP contribution in [0.3, 0.4) is 0 Å². The van der Waals surface area contributed by atoms with E-state index in [0.717, 1.165) is 12.1 Å². The van der Waals surface area contributed by atoms with E-state index in [2.05, 4.69) is 10.6 Å². The summed E-state index contributed by atoms with van der Waals surface area (Å²) in [7, 11) is 1.48. The minimum Gasteiger partial charge on any atom is -0.368 e. The first kappa shape index (κ1) is 22.3. The van der Waals surface area contributed by atoms with Gasteiger partial charge in [-0.1, -0.05) is 6.07 Å². The molecule has 26 heavy (non-hydrogen) atoms. The molecule has 0 spiro atoms. The molecule has 0 atom stereocenters. The van der Waals surface area contributed by atoms with E-state index in [1.165, 1.54) is 18.1 Å². The normalized spacial score (nSPS) is 15.7. The standard InChI is InChI=1S/C17H23F2N3O3.ClH/c1-3-22(16(24)17(25-2)7-9-20-10-8-17)11-14(23)21-15-12(18)5-4-6-13(15)19;/h4-6,20H,3,7-11H2,1-2H3,(H,21,23);1H. The van der Waals surface area contributed by atoms with Crippen molar-refractivity contribution in [3.63, 3.8) is 0 Å². The molecule has 2 N–H and O–H groups in total. The van der Waals surface area contributed by atoms with Crippen molar-refractivity contribution >= 4 is 29.9 Å². The van der Waals surface area contributed by atoms with Gasteiger partial charge in [0.05, 0.1) is 6.54 Å². The van der Waals surface area contributed by atoms with Crippen LogP contribution >= 0.6 is 12.4 Å². The van der Waals surface area contributed by atoms with Gasteiger partial charge in [-0.05, 0) is 45.0 Å². The third kappa shape index (κ3) is 4.90. The first-order valence-electron chi connectivity index (χ1n) is 8.22. The lowest BCUT2D eigenvalue weighted by molar-refractivity contribution is -0.159. The van der Waals surface area contributed by atoms with Gasteiger partial charge in [0, 0.05) is 13.7 Å². The van der Waals surface area contributed by atoms with Crippen molar-refractivity contribution < 1.29 is 23.1 Å². The molecule has 6 nitrogen and oxygen atoms in total. The van der Waals surface area contributed by atoms with Gasteiger partial charge in [-0.3, -0.25) is 9.59 Å². The maximum Gasteiger partial charge on any atom is 0.255 e. The molecule has 1 aliphatic rings. The van der Waals surface area contributed by atoms with Gasteiger partial charge >= 0.3 is 0 Å². The van der Waals surface area contributed by atoms with Gasteiger partial charge in [0.1, 0.15) is 22.9 Å². The van der Waals surface area contributed by atoms with Gasteiger partial charge in [-0.15, -0.1) is 12.4 Å². The van der Waals surface area contributed by atoms with Gasteiger partial charge < -0.3 is 20.3 Å². The van der Waals surface area contributed by atoms with E-state index < -0.39 is 28.8 Å². The zero-order valence-corrected chi connectivity index (χ0v) is 15.6. The average Bonchev–Trinajstić information content (AvgIpc) is 2.63. The largest absolute Gasteiger partial charge is 0.368 e. The van der Waals surface area contributed by atoms with E-state index in [-0.39, 0.29) is 31.4 Å². The molecule has 0 aliphatic carbocycles. The van der Waals surface area contributed by atoms with Crippen LogP contribution < -0.4 is 10.6 Å². The number of amides is 2. The predicted octanol–water partition coefficient (Wildman–Crippen LogP) is 1.94. The number of carbonyl (C=O) groups excluding carboxylic acids is 2. The summed E-state index contributed by atoms with van der Waals surface area (Å²) in [6.07, 6.45) is 1.00. The summed E-state index contributed by atoms with van der Waals surface area (Å²) in [6.45, 7) is 3.00. The van der Waals surface area contributed by atoms with Gasteiger partial charge in [0.2, 0.25) is 5.91 Å². The highest BCUT2D eigenvalue weighted by Gasteiger charge is 2.42. The van der Waals surface area contributed by atoms with Gasteiger partial charge in [-0.2, -0.15) is 0 Å². The van der Waals surface area contributed by atoms with Crippen LogP contribution in [0, 0.1) is 11.6 Å². The van der Waals surface area contributed by atoms with Crippen molar-refractivity contribution in [1.82, 2.24) is 10.2 Å². The Labute approximate surface area is 157 Å². The molecule has 1 aromatic rings. The van der Waals surface area contributed by atoms with Gasteiger partial charge in [-0.25, -0.2) is 8.78 Å². The predicted molar refractivity (Wildman–Crippen MR) is 96.3 cm³/mol. The molecule has 2 rings (SSSR count). The molecule has 1 aromatic carbocycles. The highest BCUT2D eigenvalue weighted by Crippen LogP contribution is 2.25. The summed E-state index contributed by atoms with van der Waals surface area (Å²) in [5.41, 5.74) is -1.48. The molecule has 1 saturated heterocycles. The van der Waals surface area contributed by atoms with E-state index in [1.807, 2.05) is 0 Å². The topological polar surface area (TPSA) is 70.7 Å². The van der Waals surface area contributed by atoms with Crippen LogP contribution in [-0.4, -0.2) is 55.6 Å². The fourth-order valence-corrected chi connectivity index (χ4v) is 2.92. The molecule has 1 aliphatic heterocycles. The maximum absolute atomic E-state index is 13.6. The van der Waals surface area contributed by atoms with E-state index in [9.17, 15) is 18.4 Å². The lowest BCUT2D eigenvalue weighted by Gasteiger charge is -2.38. The highest BCUT2D eigenvalue weighted by atomic mass is 35.5. The molecular weight excluding hydrogens is 368 g/mol. The zero-order chi connectivity index (χ0) is 18.4. The number of piperidine rings is 1. The Morgan fingerprint density at radius 2 is 1.85 bits per heavy atom.